The lowest BCUT2D eigenvalue weighted by Crippen LogP contribution is -2.25. The maximum Gasteiger partial charge on any atom is 0.514 e. The third kappa shape index (κ3) is 6.58. The van der Waals surface area contributed by atoms with Crippen molar-refractivity contribution in [2.45, 2.75) is 32.5 Å². The molecular formula is C19H18Cl2O5. The number of hydrogen-bond donors (Lipinski definition) is 0. The first-order chi connectivity index (χ1) is 12.3. The van der Waals surface area contributed by atoms with Gasteiger partial charge in [-0.3, -0.25) is 0 Å². The standard InChI is InChI=1S/C19H18Cl2O5/c1-12(24-18(22)14-4-3-5-16(21)11-14)10-13(2)25-19(23)26-17-8-6-15(20)7-9-17/h3-9,11-13H,10H2,1-2H3. The van der Waals surface area contributed by atoms with E-state index in [2.05, 4.69) is 0 Å². The normalized spacial score (nSPS) is 12.8. The lowest BCUT2D eigenvalue weighted by atomic mass is 10.2. The van der Waals surface area contributed by atoms with Gasteiger partial charge in [-0.05, 0) is 56.3 Å². The van der Waals surface area contributed by atoms with E-state index in [4.69, 9.17) is 37.4 Å². The zero-order valence-corrected chi connectivity index (χ0v) is 15.8. The fraction of sp³-hybridized carbons (Fsp3) is 0.263. The molecule has 0 spiro atoms. The maximum absolute atomic E-state index is 12.1. The van der Waals surface area contributed by atoms with E-state index in [1.807, 2.05) is 0 Å². The molecule has 2 rings (SSSR count). The first kappa shape index (κ1) is 20.1. The number of hydrogen-bond acceptors (Lipinski definition) is 5. The molecule has 2 aromatic rings. The minimum Gasteiger partial charge on any atom is -0.459 e. The highest BCUT2D eigenvalue weighted by atomic mass is 35.5. The van der Waals surface area contributed by atoms with Crippen molar-refractivity contribution in [3.8, 4) is 5.75 Å². The number of ether oxygens (including phenoxy) is 3. The topological polar surface area (TPSA) is 61.8 Å². The minimum absolute atomic E-state index is 0.321. The van der Waals surface area contributed by atoms with Gasteiger partial charge < -0.3 is 14.2 Å². The van der Waals surface area contributed by atoms with Gasteiger partial charge in [0.05, 0.1) is 5.56 Å². The highest BCUT2D eigenvalue weighted by molar-refractivity contribution is 6.31. The van der Waals surface area contributed by atoms with Crippen LogP contribution in [0.2, 0.25) is 10.0 Å². The Morgan fingerprint density at radius 2 is 1.58 bits per heavy atom. The summed E-state index contributed by atoms with van der Waals surface area (Å²) in [5.74, 6) is -0.164. The summed E-state index contributed by atoms with van der Waals surface area (Å²) in [6.07, 6.45) is -1.48. The van der Waals surface area contributed by atoms with Crippen LogP contribution in [0.4, 0.5) is 4.79 Å². The second-order valence-corrected chi connectivity index (χ2v) is 6.57. The molecule has 0 N–H and O–H groups in total. The predicted molar refractivity (Wildman–Crippen MR) is 99.0 cm³/mol. The van der Waals surface area contributed by atoms with Crippen LogP contribution in [0.5, 0.6) is 5.75 Å². The monoisotopic (exact) mass is 396 g/mol. The van der Waals surface area contributed by atoms with Crippen molar-refractivity contribution in [3.05, 3.63) is 64.1 Å². The minimum atomic E-state index is -0.840. The van der Waals surface area contributed by atoms with Gasteiger partial charge in [-0.15, -0.1) is 0 Å². The fourth-order valence-electron chi connectivity index (χ4n) is 2.22. The molecule has 0 saturated heterocycles. The Labute approximate surface area is 161 Å². The second-order valence-electron chi connectivity index (χ2n) is 5.70. The molecule has 0 fully saturated rings. The Balaban J connectivity index is 1.79. The molecule has 0 bridgehead atoms. The molecule has 0 aromatic heterocycles. The smallest absolute Gasteiger partial charge is 0.459 e. The quantitative estimate of drug-likeness (QED) is 0.474. The van der Waals surface area contributed by atoms with Crippen LogP contribution in [0.3, 0.4) is 0 Å². The highest BCUT2D eigenvalue weighted by Gasteiger charge is 2.18. The van der Waals surface area contributed by atoms with Crippen molar-refractivity contribution in [1.82, 2.24) is 0 Å². The summed E-state index contributed by atoms with van der Waals surface area (Å²) < 4.78 is 15.5. The number of rotatable bonds is 6. The van der Waals surface area contributed by atoms with Crippen LogP contribution in [-0.2, 0) is 9.47 Å². The molecule has 2 atom stereocenters. The summed E-state index contributed by atoms with van der Waals surface area (Å²) in [5, 5.41) is 0.989. The molecule has 7 heteroatoms. The molecule has 0 radical (unpaired) electrons. The SMILES string of the molecule is CC(CC(C)OC(=O)c1cccc(Cl)c1)OC(=O)Oc1ccc(Cl)cc1. The molecule has 0 amide bonds. The summed E-state index contributed by atoms with van der Waals surface area (Å²) in [7, 11) is 0. The van der Waals surface area contributed by atoms with Gasteiger partial charge >= 0.3 is 12.1 Å². The average molecular weight is 397 g/mol. The van der Waals surface area contributed by atoms with Gasteiger partial charge in [0.15, 0.2) is 0 Å². The van der Waals surface area contributed by atoms with E-state index in [0.29, 0.717) is 27.8 Å². The first-order valence-corrected chi connectivity index (χ1v) is 8.69. The van der Waals surface area contributed by atoms with E-state index >= 15 is 0 Å². The number of benzene rings is 2. The number of carbonyl (C=O) groups excluding carboxylic acids is 2. The van der Waals surface area contributed by atoms with Gasteiger partial charge in [0.1, 0.15) is 18.0 Å². The van der Waals surface area contributed by atoms with Gasteiger partial charge in [-0.1, -0.05) is 29.3 Å². The Morgan fingerprint density at radius 1 is 0.923 bits per heavy atom. The average Bonchev–Trinajstić information content (AvgIpc) is 2.56. The zero-order chi connectivity index (χ0) is 19.1. The van der Waals surface area contributed by atoms with Crippen LogP contribution in [0, 0.1) is 0 Å². The van der Waals surface area contributed by atoms with E-state index in [9.17, 15) is 9.59 Å². The van der Waals surface area contributed by atoms with E-state index in [-0.39, 0.29) is 0 Å². The van der Waals surface area contributed by atoms with Crippen LogP contribution in [0.25, 0.3) is 0 Å². The fourth-order valence-corrected chi connectivity index (χ4v) is 2.53. The molecule has 0 aliphatic carbocycles. The third-order valence-electron chi connectivity index (χ3n) is 3.34. The highest BCUT2D eigenvalue weighted by Crippen LogP contribution is 2.17. The van der Waals surface area contributed by atoms with Crippen LogP contribution in [0.15, 0.2) is 48.5 Å². The van der Waals surface area contributed by atoms with E-state index in [0.717, 1.165) is 0 Å². The Kier molecular flexibility index (Phi) is 7.30. The van der Waals surface area contributed by atoms with Crippen molar-refractivity contribution in [1.29, 1.82) is 0 Å². The third-order valence-corrected chi connectivity index (χ3v) is 3.83. The lowest BCUT2D eigenvalue weighted by Gasteiger charge is -2.18. The Morgan fingerprint density at radius 3 is 2.23 bits per heavy atom. The summed E-state index contributed by atoms with van der Waals surface area (Å²) in [6.45, 7) is 3.40. The Hall–Kier alpha value is -2.24. The maximum atomic E-state index is 12.1. The molecule has 5 nitrogen and oxygen atoms in total. The van der Waals surface area contributed by atoms with Gasteiger partial charge in [-0.25, -0.2) is 9.59 Å². The molecule has 2 unspecified atom stereocenters. The molecule has 0 saturated carbocycles. The van der Waals surface area contributed by atoms with E-state index in [1.54, 1.807) is 56.3 Å². The molecular weight excluding hydrogens is 379 g/mol. The van der Waals surface area contributed by atoms with Crippen LogP contribution in [0.1, 0.15) is 30.6 Å². The van der Waals surface area contributed by atoms with Crippen molar-refractivity contribution < 1.29 is 23.8 Å². The van der Waals surface area contributed by atoms with Crippen molar-refractivity contribution >= 4 is 35.3 Å². The molecule has 0 aliphatic rings. The van der Waals surface area contributed by atoms with Crippen LogP contribution in [-0.4, -0.2) is 24.3 Å². The predicted octanol–water partition coefficient (Wildman–Crippen LogP) is 5.53. The van der Waals surface area contributed by atoms with Gasteiger partial charge in [0, 0.05) is 16.5 Å². The number of esters is 1. The van der Waals surface area contributed by atoms with Gasteiger partial charge in [0.25, 0.3) is 0 Å². The van der Waals surface area contributed by atoms with Gasteiger partial charge in [0.2, 0.25) is 0 Å². The Bertz CT molecular complexity index is 761. The van der Waals surface area contributed by atoms with Crippen molar-refractivity contribution in [2.24, 2.45) is 0 Å². The van der Waals surface area contributed by atoms with Crippen LogP contribution >= 0.6 is 23.2 Å². The van der Waals surface area contributed by atoms with Gasteiger partial charge in [-0.2, -0.15) is 0 Å². The number of carbonyl (C=O) groups is 2. The van der Waals surface area contributed by atoms with Crippen molar-refractivity contribution in [2.75, 3.05) is 0 Å². The largest absolute Gasteiger partial charge is 0.514 e. The van der Waals surface area contributed by atoms with Crippen molar-refractivity contribution in [3.63, 3.8) is 0 Å². The zero-order valence-electron chi connectivity index (χ0n) is 14.3. The summed E-state index contributed by atoms with van der Waals surface area (Å²) >= 11 is 11.6. The van der Waals surface area contributed by atoms with E-state index in [1.165, 1.54) is 6.07 Å². The molecule has 0 heterocycles. The lowest BCUT2D eigenvalue weighted by molar-refractivity contribution is 0.0124. The number of halogens is 2. The first-order valence-electron chi connectivity index (χ1n) is 7.94. The summed E-state index contributed by atoms with van der Waals surface area (Å²) in [4.78, 5) is 23.8. The van der Waals surface area contributed by atoms with E-state index < -0.39 is 24.3 Å². The molecule has 2 aromatic carbocycles. The summed E-state index contributed by atoms with van der Waals surface area (Å²) in [5.41, 5.74) is 0.361. The molecule has 0 aliphatic heterocycles. The van der Waals surface area contributed by atoms with Crippen LogP contribution < -0.4 is 4.74 Å². The summed E-state index contributed by atoms with van der Waals surface area (Å²) in [6, 6.07) is 12.8. The second kappa shape index (κ2) is 9.46. The molecule has 26 heavy (non-hydrogen) atoms. The molecule has 138 valence electrons.